The molecule has 1 aliphatic rings. The van der Waals surface area contributed by atoms with Gasteiger partial charge >= 0.3 is 6.18 Å². The highest BCUT2D eigenvalue weighted by atomic mass is 32.1. The van der Waals surface area contributed by atoms with E-state index in [0.29, 0.717) is 12.1 Å². The van der Waals surface area contributed by atoms with Gasteiger partial charge in [0.05, 0.1) is 45.3 Å². The fourth-order valence-corrected chi connectivity index (χ4v) is 5.30. The fraction of sp³-hybridized carbons (Fsp3) is 0.333. The predicted molar refractivity (Wildman–Crippen MR) is 125 cm³/mol. The average Bonchev–Trinajstić information content (AvgIpc) is 3.37. The number of hydrogen-bond donors (Lipinski definition) is 2. The summed E-state index contributed by atoms with van der Waals surface area (Å²) in [5.41, 5.74) is 2.33. The molecule has 0 saturated heterocycles. The molecule has 5 nitrogen and oxygen atoms in total. The molecule has 33 heavy (non-hydrogen) atoms. The van der Waals surface area contributed by atoms with Gasteiger partial charge in [-0.05, 0) is 48.2 Å². The maximum Gasteiger partial charge on any atom is 0.416 e. The van der Waals surface area contributed by atoms with Crippen LogP contribution in [0.2, 0.25) is 0 Å². The van der Waals surface area contributed by atoms with Gasteiger partial charge in [0, 0.05) is 6.54 Å². The van der Waals surface area contributed by atoms with Gasteiger partial charge in [0.15, 0.2) is 5.13 Å². The number of nitrogens with one attached hydrogen (secondary N) is 1. The van der Waals surface area contributed by atoms with E-state index in [9.17, 15) is 18.3 Å². The number of halogens is 3. The van der Waals surface area contributed by atoms with E-state index < -0.39 is 11.7 Å². The number of imidazole rings is 1. The molecule has 0 amide bonds. The maximum atomic E-state index is 13.0. The maximum absolute atomic E-state index is 13.0. The van der Waals surface area contributed by atoms with Gasteiger partial charge in [0.2, 0.25) is 0 Å². The lowest BCUT2D eigenvalue weighted by Gasteiger charge is -2.27. The number of rotatable bonds is 5. The van der Waals surface area contributed by atoms with Crippen molar-refractivity contribution < 1.29 is 18.3 Å². The Morgan fingerprint density at radius 2 is 1.97 bits per heavy atom. The van der Waals surface area contributed by atoms with E-state index in [1.807, 2.05) is 16.7 Å². The Kier molecular flexibility index (Phi) is 5.62. The summed E-state index contributed by atoms with van der Waals surface area (Å²) in [5, 5.41) is 14.4. The zero-order valence-electron chi connectivity index (χ0n) is 17.8. The molecule has 0 aliphatic heterocycles. The van der Waals surface area contributed by atoms with Crippen LogP contribution in [0.1, 0.15) is 36.8 Å². The van der Waals surface area contributed by atoms with Crippen molar-refractivity contribution in [3.63, 3.8) is 0 Å². The summed E-state index contributed by atoms with van der Waals surface area (Å²) in [4.78, 5) is 8.94. The monoisotopic (exact) mass is 472 g/mol. The van der Waals surface area contributed by atoms with Gasteiger partial charge in [-0.2, -0.15) is 13.2 Å². The minimum Gasteiger partial charge on any atom is -0.391 e. The number of fused-ring (bicyclic) bond motifs is 2. The van der Waals surface area contributed by atoms with Crippen molar-refractivity contribution >= 4 is 43.3 Å². The lowest BCUT2D eigenvalue weighted by Crippen LogP contribution is -2.36. The van der Waals surface area contributed by atoms with E-state index in [4.69, 9.17) is 0 Å². The third kappa shape index (κ3) is 4.47. The molecule has 5 rings (SSSR count). The largest absolute Gasteiger partial charge is 0.416 e. The van der Waals surface area contributed by atoms with Gasteiger partial charge in [-0.25, -0.2) is 9.97 Å². The number of benzene rings is 2. The topological polar surface area (TPSA) is 63.0 Å². The summed E-state index contributed by atoms with van der Waals surface area (Å²) in [6.07, 6.45) is 0.746. The van der Waals surface area contributed by atoms with Crippen molar-refractivity contribution in [3.05, 3.63) is 60.4 Å². The summed E-state index contributed by atoms with van der Waals surface area (Å²) in [5.74, 6) is 0. The summed E-state index contributed by atoms with van der Waals surface area (Å²) >= 11 is 1.56. The van der Waals surface area contributed by atoms with E-state index in [0.717, 1.165) is 52.1 Å². The molecule has 9 heteroatoms. The number of aliphatic hydroxyl groups is 1. The van der Waals surface area contributed by atoms with E-state index in [1.54, 1.807) is 23.7 Å². The number of allylic oxidation sites excluding steroid dienone is 1. The molecule has 0 spiro atoms. The molecule has 1 saturated carbocycles. The van der Waals surface area contributed by atoms with Gasteiger partial charge in [-0.1, -0.05) is 42.9 Å². The molecule has 1 fully saturated rings. The molecule has 172 valence electrons. The number of alkyl halides is 3. The van der Waals surface area contributed by atoms with Crippen LogP contribution in [0.5, 0.6) is 0 Å². The quantitative estimate of drug-likeness (QED) is 0.375. The van der Waals surface area contributed by atoms with Crippen LogP contribution < -0.4 is 5.32 Å². The minimum absolute atomic E-state index is 0.0226. The Morgan fingerprint density at radius 3 is 2.76 bits per heavy atom. The van der Waals surface area contributed by atoms with Crippen LogP contribution in [0.15, 0.2) is 49.3 Å². The molecule has 2 atom stereocenters. The Labute approximate surface area is 192 Å². The highest BCUT2D eigenvalue weighted by molar-refractivity contribution is 7.22. The molecule has 0 radical (unpaired) electrons. The van der Waals surface area contributed by atoms with Gasteiger partial charge in [-0.15, -0.1) is 0 Å². The number of aromatic nitrogens is 3. The van der Waals surface area contributed by atoms with E-state index in [1.165, 1.54) is 12.1 Å². The van der Waals surface area contributed by atoms with E-state index >= 15 is 0 Å². The van der Waals surface area contributed by atoms with E-state index in [-0.39, 0.29) is 17.7 Å². The third-order valence-corrected chi connectivity index (χ3v) is 7.11. The molecule has 4 aromatic rings. The van der Waals surface area contributed by atoms with Crippen LogP contribution in [0.3, 0.4) is 0 Å². The van der Waals surface area contributed by atoms with Crippen molar-refractivity contribution in [1.82, 2.24) is 14.5 Å². The number of thiazole rings is 1. The smallest absolute Gasteiger partial charge is 0.391 e. The Bertz CT molecular complexity index is 1330. The fourth-order valence-electron chi connectivity index (χ4n) is 4.31. The Hall–Kier alpha value is -2.91. The highest BCUT2D eigenvalue weighted by Gasteiger charge is 2.33. The van der Waals surface area contributed by atoms with Crippen LogP contribution >= 0.6 is 11.3 Å². The molecule has 2 N–H and O–H groups in total. The highest BCUT2D eigenvalue weighted by Crippen LogP contribution is 2.34. The molecular weight excluding hydrogens is 449 g/mol. The average molecular weight is 473 g/mol. The zero-order valence-corrected chi connectivity index (χ0v) is 18.6. The summed E-state index contributed by atoms with van der Waals surface area (Å²) < 4.78 is 41.8. The SMILES string of the molecule is C=C(c1ccc2c(c1)ncn2Cc1ccc2nc(NC3CCCCC3O)sc2c1)C(F)(F)F. The first-order valence-corrected chi connectivity index (χ1v) is 11.6. The lowest BCUT2D eigenvalue weighted by molar-refractivity contribution is -0.0686. The van der Waals surface area contributed by atoms with Gasteiger partial charge < -0.3 is 15.0 Å². The van der Waals surface area contributed by atoms with E-state index in [2.05, 4.69) is 27.9 Å². The normalized spacial score (nSPS) is 19.3. The lowest BCUT2D eigenvalue weighted by atomic mass is 9.93. The molecule has 1 aliphatic carbocycles. The number of nitrogens with zero attached hydrogens (tertiary/aromatic N) is 3. The first kappa shape index (κ1) is 21.9. The second-order valence-electron chi connectivity index (χ2n) is 8.48. The standard InChI is InChI=1S/C24H23F3N4OS/c1-14(24(25,26)27)16-7-9-20-19(11-16)28-13-31(20)12-15-6-8-18-22(10-15)33-23(30-18)29-17-4-2-3-5-21(17)32/h6-11,13,17,21,32H,1-5,12H2,(H,29,30). The van der Waals surface area contributed by atoms with Crippen molar-refractivity contribution in [2.45, 2.75) is 50.6 Å². The van der Waals surface area contributed by atoms with Crippen LogP contribution in [0.4, 0.5) is 18.3 Å². The van der Waals surface area contributed by atoms with Gasteiger partial charge in [0.1, 0.15) is 0 Å². The number of aliphatic hydroxyl groups excluding tert-OH is 1. The summed E-state index contributed by atoms with van der Waals surface area (Å²) in [6.45, 7) is 3.70. The van der Waals surface area contributed by atoms with Gasteiger partial charge in [0.25, 0.3) is 0 Å². The first-order chi connectivity index (χ1) is 15.8. The molecular formula is C24H23F3N4OS. The number of hydrogen-bond acceptors (Lipinski definition) is 5. The second-order valence-corrected chi connectivity index (χ2v) is 9.51. The summed E-state index contributed by atoms with van der Waals surface area (Å²) in [6, 6.07) is 10.6. The van der Waals surface area contributed by atoms with Crippen LogP contribution in [0.25, 0.3) is 26.8 Å². The van der Waals surface area contributed by atoms with Crippen LogP contribution in [-0.4, -0.2) is 38.0 Å². The minimum atomic E-state index is -4.47. The Balaban J connectivity index is 1.36. The van der Waals surface area contributed by atoms with Crippen molar-refractivity contribution in [3.8, 4) is 0 Å². The molecule has 2 aromatic carbocycles. The molecule has 0 bridgehead atoms. The summed E-state index contributed by atoms with van der Waals surface area (Å²) in [7, 11) is 0. The molecule has 2 unspecified atom stereocenters. The van der Waals surface area contributed by atoms with Crippen molar-refractivity contribution in [1.29, 1.82) is 0 Å². The van der Waals surface area contributed by atoms with Crippen LogP contribution in [0, 0.1) is 0 Å². The van der Waals surface area contributed by atoms with Crippen molar-refractivity contribution in [2.24, 2.45) is 0 Å². The predicted octanol–water partition coefficient (Wildman–Crippen LogP) is 5.99. The second kappa shape index (κ2) is 8.46. The molecule has 2 aromatic heterocycles. The van der Waals surface area contributed by atoms with Crippen molar-refractivity contribution in [2.75, 3.05) is 5.32 Å². The van der Waals surface area contributed by atoms with Crippen LogP contribution in [-0.2, 0) is 6.54 Å². The Morgan fingerprint density at radius 1 is 1.15 bits per heavy atom. The third-order valence-electron chi connectivity index (χ3n) is 6.16. The first-order valence-electron chi connectivity index (χ1n) is 10.8. The number of anilines is 1. The van der Waals surface area contributed by atoms with Gasteiger partial charge in [-0.3, -0.25) is 0 Å². The zero-order chi connectivity index (χ0) is 23.2. The molecule has 2 heterocycles.